The van der Waals surface area contributed by atoms with Crippen molar-refractivity contribution in [3.63, 3.8) is 0 Å². The van der Waals surface area contributed by atoms with Crippen molar-refractivity contribution in [1.29, 1.82) is 0 Å². The van der Waals surface area contributed by atoms with Crippen LogP contribution in [-0.4, -0.2) is 21.7 Å². The summed E-state index contributed by atoms with van der Waals surface area (Å²) < 4.78 is 0. The van der Waals surface area contributed by atoms with E-state index in [1.165, 1.54) is 0 Å². The first-order valence-electron chi connectivity index (χ1n) is 3.54. The molecule has 2 unspecified atom stereocenters. The maximum absolute atomic E-state index is 9.82. The van der Waals surface area contributed by atoms with Gasteiger partial charge in [0.1, 0.15) is 0 Å². The first-order chi connectivity index (χ1) is 4.54. The minimum atomic E-state index is -0.565. The van der Waals surface area contributed by atoms with Gasteiger partial charge < -0.3 is 5.11 Å². The topological polar surface area (TPSA) is 20.2 Å². The summed E-state index contributed by atoms with van der Waals surface area (Å²) in [4.78, 5) is 0. The highest BCUT2D eigenvalue weighted by molar-refractivity contribution is 8.00. The molecule has 10 heavy (non-hydrogen) atoms. The Kier molecular flexibility index (Phi) is 2.11. The highest BCUT2D eigenvalue weighted by Crippen LogP contribution is 2.37. The van der Waals surface area contributed by atoms with Gasteiger partial charge in [-0.05, 0) is 18.9 Å². The van der Waals surface area contributed by atoms with Gasteiger partial charge in [0.25, 0.3) is 0 Å². The number of aliphatic hydroxyl groups is 1. The molecule has 0 radical (unpaired) electrons. The van der Waals surface area contributed by atoms with Gasteiger partial charge in [-0.3, -0.25) is 0 Å². The first kappa shape index (κ1) is 8.15. The van der Waals surface area contributed by atoms with Gasteiger partial charge in [-0.2, -0.15) is 11.8 Å². The SMILES string of the molecule is C=C(C)C1(O)CSC(C)C1. The van der Waals surface area contributed by atoms with Crippen LogP contribution in [0.1, 0.15) is 20.3 Å². The Hall–Kier alpha value is 0.0500. The van der Waals surface area contributed by atoms with Crippen LogP contribution < -0.4 is 0 Å². The van der Waals surface area contributed by atoms with E-state index in [-0.39, 0.29) is 0 Å². The van der Waals surface area contributed by atoms with E-state index in [0.29, 0.717) is 5.25 Å². The van der Waals surface area contributed by atoms with Crippen LogP contribution >= 0.6 is 11.8 Å². The van der Waals surface area contributed by atoms with Crippen LogP contribution in [0.5, 0.6) is 0 Å². The van der Waals surface area contributed by atoms with Gasteiger partial charge in [0.05, 0.1) is 5.60 Å². The molecule has 1 aliphatic heterocycles. The third-order valence-electron chi connectivity index (χ3n) is 2.03. The van der Waals surface area contributed by atoms with Gasteiger partial charge in [-0.15, -0.1) is 0 Å². The summed E-state index contributed by atoms with van der Waals surface area (Å²) in [5.74, 6) is 0.823. The second-order valence-corrected chi connectivity index (χ2v) is 4.56. The predicted molar refractivity (Wildman–Crippen MR) is 46.3 cm³/mol. The Balaban J connectivity index is 2.63. The summed E-state index contributed by atoms with van der Waals surface area (Å²) >= 11 is 1.82. The molecule has 58 valence electrons. The van der Waals surface area contributed by atoms with Crippen LogP contribution in [0.25, 0.3) is 0 Å². The molecule has 2 atom stereocenters. The second-order valence-electron chi connectivity index (χ2n) is 3.14. The van der Waals surface area contributed by atoms with Gasteiger partial charge in [-0.1, -0.05) is 13.5 Å². The molecule has 1 heterocycles. The van der Waals surface area contributed by atoms with Crippen molar-refractivity contribution in [1.82, 2.24) is 0 Å². The van der Waals surface area contributed by atoms with E-state index >= 15 is 0 Å². The molecule has 0 aliphatic carbocycles. The molecule has 0 amide bonds. The van der Waals surface area contributed by atoms with Crippen molar-refractivity contribution in [2.75, 3.05) is 5.75 Å². The summed E-state index contributed by atoms with van der Waals surface area (Å²) in [6.45, 7) is 7.83. The summed E-state index contributed by atoms with van der Waals surface area (Å²) in [6.07, 6.45) is 0.868. The maximum atomic E-state index is 9.82. The molecule has 1 nitrogen and oxygen atoms in total. The molecule has 1 fully saturated rings. The lowest BCUT2D eigenvalue weighted by Gasteiger charge is -2.21. The average molecular weight is 158 g/mol. The van der Waals surface area contributed by atoms with Gasteiger partial charge in [0, 0.05) is 11.0 Å². The fourth-order valence-electron chi connectivity index (χ4n) is 1.17. The van der Waals surface area contributed by atoms with Gasteiger partial charge >= 0.3 is 0 Å². The van der Waals surface area contributed by atoms with Crippen molar-refractivity contribution in [3.8, 4) is 0 Å². The molecule has 0 bridgehead atoms. The third-order valence-corrected chi connectivity index (χ3v) is 3.41. The van der Waals surface area contributed by atoms with Crippen molar-refractivity contribution < 1.29 is 5.11 Å². The van der Waals surface area contributed by atoms with E-state index in [4.69, 9.17) is 0 Å². The normalized spacial score (nSPS) is 40.1. The van der Waals surface area contributed by atoms with Gasteiger partial charge in [-0.25, -0.2) is 0 Å². The quantitative estimate of drug-likeness (QED) is 0.587. The Morgan fingerprint density at radius 2 is 2.40 bits per heavy atom. The molecule has 1 saturated heterocycles. The highest BCUT2D eigenvalue weighted by atomic mass is 32.2. The summed E-state index contributed by atoms with van der Waals surface area (Å²) in [7, 11) is 0. The van der Waals surface area contributed by atoms with E-state index < -0.39 is 5.60 Å². The molecule has 0 aromatic rings. The van der Waals surface area contributed by atoms with E-state index in [1.807, 2.05) is 18.7 Å². The standard InChI is InChI=1S/C8H14OS/c1-6(2)8(9)4-7(3)10-5-8/h7,9H,1,4-5H2,2-3H3. The lowest BCUT2D eigenvalue weighted by atomic mass is 9.94. The molecular formula is C8H14OS. The second kappa shape index (κ2) is 2.59. The summed E-state index contributed by atoms with van der Waals surface area (Å²) in [6, 6.07) is 0. The van der Waals surface area contributed by atoms with Crippen molar-refractivity contribution >= 4 is 11.8 Å². The Morgan fingerprint density at radius 1 is 1.80 bits per heavy atom. The fraction of sp³-hybridized carbons (Fsp3) is 0.750. The summed E-state index contributed by atoms with van der Waals surface area (Å²) in [5, 5.41) is 10.4. The molecule has 0 aromatic heterocycles. The van der Waals surface area contributed by atoms with Crippen molar-refractivity contribution in [2.24, 2.45) is 0 Å². The number of thioether (sulfide) groups is 1. The van der Waals surface area contributed by atoms with Crippen LogP contribution in [0.4, 0.5) is 0 Å². The molecule has 0 saturated carbocycles. The fourth-order valence-corrected chi connectivity index (χ4v) is 2.49. The minimum absolute atomic E-state index is 0.565. The van der Waals surface area contributed by atoms with Gasteiger partial charge in [0.15, 0.2) is 0 Å². The van der Waals surface area contributed by atoms with Gasteiger partial charge in [0.2, 0.25) is 0 Å². The molecule has 1 aliphatic rings. The Labute approximate surface area is 66.5 Å². The maximum Gasteiger partial charge on any atom is 0.0952 e. The molecule has 0 aromatic carbocycles. The number of hydrogen-bond acceptors (Lipinski definition) is 2. The van der Waals surface area contributed by atoms with Crippen LogP contribution in [-0.2, 0) is 0 Å². The highest BCUT2D eigenvalue weighted by Gasteiger charge is 2.36. The molecule has 1 rings (SSSR count). The lowest BCUT2D eigenvalue weighted by molar-refractivity contribution is 0.103. The zero-order chi connectivity index (χ0) is 7.78. The van der Waals surface area contributed by atoms with Crippen LogP contribution in [0.15, 0.2) is 12.2 Å². The average Bonchev–Trinajstić information content (AvgIpc) is 2.13. The number of rotatable bonds is 1. The lowest BCUT2D eigenvalue weighted by Crippen LogP contribution is -2.29. The van der Waals surface area contributed by atoms with E-state index in [9.17, 15) is 5.11 Å². The largest absolute Gasteiger partial charge is 0.385 e. The van der Waals surface area contributed by atoms with E-state index in [0.717, 1.165) is 17.7 Å². The molecule has 1 N–H and O–H groups in total. The molecular weight excluding hydrogens is 144 g/mol. The predicted octanol–water partition coefficient (Wildman–Crippen LogP) is 1.82. The summed E-state index contributed by atoms with van der Waals surface area (Å²) in [5.41, 5.74) is 0.341. The van der Waals surface area contributed by atoms with Crippen molar-refractivity contribution in [2.45, 2.75) is 31.1 Å². The number of hydrogen-bond donors (Lipinski definition) is 1. The van der Waals surface area contributed by atoms with Crippen LogP contribution in [0, 0.1) is 0 Å². The molecule has 0 spiro atoms. The van der Waals surface area contributed by atoms with Crippen molar-refractivity contribution in [3.05, 3.63) is 12.2 Å². The smallest absolute Gasteiger partial charge is 0.0952 e. The monoisotopic (exact) mass is 158 g/mol. The zero-order valence-corrected chi connectivity index (χ0v) is 7.37. The zero-order valence-electron chi connectivity index (χ0n) is 6.55. The van der Waals surface area contributed by atoms with E-state index in [1.54, 1.807) is 0 Å². The minimum Gasteiger partial charge on any atom is -0.385 e. The van der Waals surface area contributed by atoms with Crippen LogP contribution in [0.3, 0.4) is 0 Å². The third kappa shape index (κ3) is 1.38. The Morgan fingerprint density at radius 3 is 2.60 bits per heavy atom. The first-order valence-corrected chi connectivity index (χ1v) is 4.59. The molecule has 2 heteroatoms. The van der Waals surface area contributed by atoms with E-state index in [2.05, 4.69) is 13.5 Å². The van der Waals surface area contributed by atoms with Crippen LogP contribution in [0.2, 0.25) is 0 Å². The Bertz CT molecular complexity index is 155.